The Kier molecular flexibility index (Phi) is 5.05. The van der Waals surface area contributed by atoms with Gasteiger partial charge in [-0.25, -0.2) is 4.68 Å². The lowest BCUT2D eigenvalue weighted by atomic mass is 10.3. The van der Waals surface area contributed by atoms with Crippen LogP contribution in [0.3, 0.4) is 0 Å². The van der Waals surface area contributed by atoms with Crippen molar-refractivity contribution in [3.63, 3.8) is 0 Å². The minimum absolute atomic E-state index is 0.0714. The van der Waals surface area contributed by atoms with Crippen LogP contribution < -0.4 is 0 Å². The van der Waals surface area contributed by atoms with Crippen LogP contribution in [0.25, 0.3) is 0 Å². The maximum absolute atomic E-state index is 11.8. The molecule has 0 spiro atoms. The third kappa shape index (κ3) is 4.17. The Bertz CT molecular complexity index is 365. The van der Waals surface area contributed by atoms with Crippen LogP contribution >= 0.6 is 0 Å². The highest BCUT2D eigenvalue weighted by Gasteiger charge is 2.14. The van der Waals surface area contributed by atoms with Crippen molar-refractivity contribution in [2.75, 3.05) is 20.2 Å². The zero-order valence-corrected chi connectivity index (χ0v) is 9.87. The molecule has 0 aromatic carbocycles. The van der Waals surface area contributed by atoms with E-state index < -0.39 is 0 Å². The topological polar surface area (TPSA) is 90.2 Å². The number of methoxy groups -OCH3 is 1. The molecule has 17 heavy (non-hydrogen) atoms. The fourth-order valence-corrected chi connectivity index (χ4v) is 1.28. The van der Waals surface area contributed by atoms with Gasteiger partial charge >= 0.3 is 5.97 Å². The summed E-state index contributed by atoms with van der Waals surface area (Å²) < 4.78 is 5.85. The zero-order chi connectivity index (χ0) is 12.7. The third-order valence-corrected chi connectivity index (χ3v) is 2.24. The molecule has 0 aliphatic heterocycles. The second kappa shape index (κ2) is 6.56. The van der Waals surface area contributed by atoms with E-state index >= 15 is 0 Å². The first-order valence-corrected chi connectivity index (χ1v) is 5.22. The van der Waals surface area contributed by atoms with Crippen LogP contribution in [0.15, 0.2) is 6.33 Å². The second-order valence-electron chi connectivity index (χ2n) is 3.31. The molecule has 0 N–H and O–H groups in total. The first kappa shape index (κ1) is 13.1. The first-order chi connectivity index (χ1) is 8.17. The van der Waals surface area contributed by atoms with Gasteiger partial charge < -0.3 is 9.64 Å². The molecule has 0 radical (unpaired) electrons. The van der Waals surface area contributed by atoms with Gasteiger partial charge in [0.15, 0.2) is 0 Å². The van der Waals surface area contributed by atoms with Crippen LogP contribution in [0.2, 0.25) is 0 Å². The van der Waals surface area contributed by atoms with Gasteiger partial charge in [0.25, 0.3) is 0 Å². The van der Waals surface area contributed by atoms with E-state index in [1.54, 1.807) is 4.90 Å². The summed E-state index contributed by atoms with van der Waals surface area (Å²) in [7, 11) is 1.32. The maximum atomic E-state index is 11.8. The van der Waals surface area contributed by atoms with Crippen molar-refractivity contribution in [3.05, 3.63) is 6.33 Å². The van der Waals surface area contributed by atoms with Crippen molar-refractivity contribution in [1.29, 1.82) is 0 Å². The Morgan fingerprint density at radius 3 is 2.76 bits per heavy atom. The molecule has 0 bridgehead atoms. The number of tetrazole rings is 1. The van der Waals surface area contributed by atoms with Crippen molar-refractivity contribution in [1.82, 2.24) is 25.1 Å². The Morgan fingerprint density at radius 1 is 1.47 bits per heavy atom. The Morgan fingerprint density at radius 2 is 2.24 bits per heavy atom. The molecule has 0 unspecified atom stereocenters. The molecule has 1 aromatic heterocycles. The molecule has 1 heterocycles. The number of rotatable bonds is 6. The van der Waals surface area contributed by atoms with Gasteiger partial charge in [-0.15, -0.1) is 5.10 Å². The summed E-state index contributed by atoms with van der Waals surface area (Å²) in [5.74, 6) is -0.470. The van der Waals surface area contributed by atoms with Crippen LogP contribution in [0, 0.1) is 0 Å². The third-order valence-electron chi connectivity index (χ3n) is 2.24. The van der Waals surface area contributed by atoms with Gasteiger partial charge in [-0.3, -0.25) is 9.59 Å². The molecule has 8 heteroatoms. The summed E-state index contributed by atoms with van der Waals surface area (Å²) in [5, 5.41) is 10.5. The molecule has 1 amide bonds. The average molecular weight is 241 g/mol. The molecule has 1 aromatic rings. The maximum Gasteiger partial charge on any atom is 0.307 e. The molecular weight excluding hydrogens is 226 g/mol. The molecule has 8 nitrogen and oxygen atoms in total. The molecule has 0 saturated carbocycles. The average Bonchev–Trinajstić information content (AvgIpc) is 2.82. The van der Waals surface area contributed by atoms with Gasteiger partial charge in [0.2, 0.25) is 5.91 Å². The molecule has 1 rings (SSSR count). The molecule has 0 fully saturated rings. The quantitative estimate of drug-likeness (QED) is 0.598. The number of esters is 1. The summed E-state index contributed by atoms with van der Waals surface area (Å²) in [5.41, 5.74) is 0. The fourth-order valence-electron chi connectivity index (χ4n) is 1.28. The SMILES string of the molecule is CCN(CCC(=O)OC)C(=O)Cn1cnnn1. The van der Waals surface area contributed by atoms with Gasteiger partial charge in [0.05, 0.1) is 13.5 Å². The molecule has 0 aliphatic carbocycles. The highest BCUT2D eigenvalue weighted by Crippen LogP contribution is 1.96. The predicted molar refractivity (Wildman–Crippen MR) is 56.7 cm³/mol. The number of nitrogens with zero attached hydrogens (tertiary/aromatic N) is 5. The minimum atomic E-state index is -0.335. The lowest BCUT2D eigenvalue weighted by molar-refractivity contribution is -0.141. The van der Waals surface area contributed by atoms with Crippen LogP contribution in [0.1, 0.15) is 13.3 Å². The normalized spacial score (nSPS) is 10.0. The largest absolute Gasteiger partial charge is 0.469 e. The number of hydrogen-bond acceptors (Lipinski definition) is 6. The Balaban J connectivity index is 2.44. The standard InChI is InChI=1S/C9H15N5O3/c1-3-13(5-4-9(16)17-2)8(15)6-14-7-10-11-12-14/h7H,3-6H2,1-2H3. The van der Waals surface area contributed by atoms with Crippen molar-refractivity contribution in [2.45, 2.75) is 19.9 Å². The number of ether oxygens (including phenoxy) is 1. The smallest absolute Gasteiger partial charge is 0.307 e. The van der Waals surface area contributed by atoms with Crippen molar-refractivity contribution >= 4 is 11.9 Å². The lowest BCUT2D eigenvalue weighted by Crippen LogP contribution is -2.35. The van der Waals surface area contributed by atoms with Gasteiger partial charge in [0, 0.05) is 13.1 Å². The number of likely N-dealkylation sites (N-methyl/N-ethyl adjacent to an activating group) is 1. The van der Waals surface area contributed by atoms with Gasteiger partial charge in [-0.1, -0.05) is 0 Å². The van der Waals surface area contributed by atoms with Crippen LogP contribution in [-0.4, -0.2) is 57.2 Å². The van der Waals surface area contributed by atoms with Crippen molar-refractivity contribution in [2.24, 2.45) is 0 Å². The van der Waals surface area contributed by atoms with E-state index in [0.29, 0.717) is 13.1 Å². The molecule has 0 atom stereocenters. The highest BCUT2D eigenvalue weighted by molar-refractivity contribution is 5.77. The van der Waals surface area contributed by atoms with E-state index in [1.165, 1.54) is 18.1 Å². The van der Waals surface area contributed by atoms with E-state index in [4.69, 9.17) is 0 Å². The lowest BCUT2D eigenvalue weighted by Gasteiger charge is -2.19. The molecular formula is C9H15N5O3. The number of hydrogen-bond donors (Lipinski definition) is 0. The summed E-state index contributed by atoms with van der Waals surface area (Å²) in [6.45, 7) is 2.78. The summed E-state index contributed by atoms with van der Waals surface area (Å²) >= 11 is 0. The number of amides is 1. The van der Waals surface area contributed by atoms with E-state index in [9.17, 15) is 9.59 Å². The van der Waals surface area contributed by atoms with Crippen molar-refractivity contribution in [3.8, 4) is 0 Å². The number of carbonyl (C=O) groups is 2. The van der Waals surface area contributed by atoms with E-state index in [0.717, 1.165) is 0 Å². The zero-order valence-electron chi connectivity index (χ0n) is 9.87. The Labute approximate surface area is 98.5 Å². The summed E-state index contributed by atoms with van der Waals surface area (Å²) in [4.78, 5) is 24.3. The predicted octanol–water partition coefficient (Wildman–Crippen LogP) is -0.915. The monoisotopic (exact) mass is 241 g/mol. The van der Waals surface area contributed by atoms with Crippen LogP contribution in [0.5, 0.6) is 0 Å². The van der Waals surface area contributed by atoms with Gasteiger partial charge in [-0.2, -0.15) is 0 Å². The van der Waals surface area contributed by atoms with E-state index in [1.807, 2.05) is 6.92 Å². The van der Waals surface area contributed by atoms with Crippen LogP contribution in [0.4, 0.5) is 0 Å². The summed E-state index contributed by atoms with van der Waals surface area (Å²) in [6, 6.07) is 0. The van der Waals surface area contributed by atoms with E-state index in [-0.39, 0.29) is 24.8 Å². The van der Waals surface area contributed by atoms with Gasteiger partial charge in [-0.05, 0) is 17.4 Å². The fraction of sp³-hybridized carbons (Fsp3) is 0.667. The number of aromatic nitrogens is 4. The van der Waals surface area contributed by atoms with Crippen molar-refractivity contribution < 1.29 is 14.3 Å². The highest BCUT2D eigenvalue weighted by atomic mass is 16.5. The first-order valence-electron chi connectivity index (χ1n) is 5.22. The van der Waals surface area contributed by atoms with Gasteiger partial charge in [0.1, 0.15) is 12.9 Å². The van der Waals surface area contributed by atoms with E-state index in [2.05, 4.69) is 20.3 Å². The molecule has 0 aliphatic rings. The molecule has 94 valence electrons. The Hall–Kier alpha value is -1.99. The number of carbonyl (C=O) groups excluding carboxylic acids is 2. The molecule has 0 saturated heterocycles. The summed E-state index contributed by atoms with van der Waals surface area (Å²) in [6.07, 6.45) is 1.55. The van der Waals surface area contributed by atoms with Crippen LogP contribution in [-0.2, 0) is 20.9 Å². The second-order valence-corrected chi connectivity index (χ2v) is 3.31. The minimum Gasteiger partial charge on any atom is -0.469 e.